The van der Waals surface area contributed by atoms with Gasteiger partial charge in [-0.25, -0.2) is 4.98 Å². The van der Waals surface area contributed by atoms with Crippen molar-refractivity contribution in [2.75, 3.05) is 53.2 Å². The number of likely N-dealkylation sites (N-methyl/N-ethyl adjacent to an activating group) is 1. The van der Waals surface area contributed by atoms with Crippen molar-refractivity contribution in [3.63, 3.8) is 0 Å². The fraction of sp³-hybridized carbons (Fsp3) is 0.417. The number of benzene rings is 3. The Morgan fingerprint density at radius 3 is 2.50 bits per heavy atom. The number of unbranched alkanes of at least 4 members (excludes halogenated alkanes) is 1. The molecule has 44 heavy (non-hydrogen) atoms. The minimum absolute atomic E-state index is 0.148. The number of quaternary nitrogens is 1. The average molecular weight is 637 g/mol. The highest BCUT2D eigenvalue weighted by atomic mass is 35.5. The maximum absolute atomic E-state index is 6.97. The van der Waals surface area contributed by atoms with Crippen LogP contribution in [0.15, 0.2) is 60.7 Å². The molecular weight excluding hydrogens is 591 g/mol. The summed E-state index contributed by atoms with van der Waals surface area (Å²) in [6.07, 6.45) is 5.66. The zero-order valence-electron chi connectivity index (χ0n) is 26.4. The molecule has 1 aromatic heterocycles. The molecule has 4 aromatic rings. The second kappa shape index (κ2) is 14.4. The van der Waals surface area contributed by atoms with E-state index in [0.717, 1.165) is 77.1 Å². The second-order valence-electron chi connectivity index (χ2n) is 12.4. The minimum Gasteiger partial charge on any atom is -0.496 e. The molecule has 1 saturated heterocycles. The number of aryl methyl sites for hydroxylation is 1. The van der Waals surface area contributed by atoms with Gasteiger partial charge in [0.05, 0.1) is 37.5 Å². The summed E-state index contributed by atoms with van der Waals surface area (Å²) in [5.74, 6) is 1.38. The van der Waals surface area contributed by atoms with Crippen molar-refractivity contribution in [1.29, 1.82) is 0 Å². The second-order valence-corrected chi connectivity index (χ2v) is 13.3. The number of rotatable bonds is 13. The van der Waals surface area contributed by atoms with E-state index in [9.17, 15) is 0 Å². The van der Waals surface area contributed by atoms with Gasteiger partial charge in [-0.15, -0.1) is 0 Å². The van der Waals surface area contributed by atoms with Crippen LogP contribution in [0.2, 0.25) is 10.0 Å². The number of halogens is 2. The molecule has 1 unspecified atom stereocenters. The number of nitrogens with zero attached hydrogens (tertiary/aromatic N) is 3. The summed E-state index contributed by atoms with van der Waals surface area (Å²) in [7, 11) is 6.07. The van der Waals surface area contributed by atoms with Gasteiger partial charge in [-0.2, -0.15) is 0 Å². The van der Waals surface area contributed by atoms with Gasteiger partial charge in [0.25, 0.3) is 0 Å². The van der Waals surface area contributed by atoms with Crippen LogP contribution in [-0.2, 0) is 13.0 Å². The SMILES string of the molecule is CCCCc1cc2ccccc2c(OCC[N+](C)(C)C(c2ccc(CN3CCCC3)c(Cl)c2)c2cc(Cl)c(N)cc2OC)n1. The van der Waals surface area contributed by atoms with Gasteiger partial charge < -0.3 is 19.7 Å². The van der Waals surface area contributed by atoms with Gasteiger partial charge in [-0.3, -0.25) is 4.90 Å². The van der Waals surface area contributed by atoms with Crippen molar-refractivity contribution < 1.29 is 14.0 Å². The van der Waals surface area contributed by atoms with E-state index < -0.39 is 0 Å². The van der Waals surface area contributed by atoms with E-state index in [1.54, 1.807) is 7.11 Å². The summed E-state index contributed by atoms with van der Waals surface area (Å²) in [6, 6.07) is 20.5. The summed E-state index contributed by atoms with van der Waals surface area (Å²) in [6.45, 7) is 6.48. The number of aromatic nitrogens is 1. The monoisotopic (exact) mass is 635 g/mol. The Balaban J connectivity index is 1.46. The number of nitrogen functional groups attached to an aromatic ring is 1. The largest absolute Gasteiger partial charge is 0.496 e. The maximum atomic E-state index is 6.97. The van der Waals surface area contributed by atoms with E-state index in [0.29, 0.717) is 40.0 Å². The van der Waals surface area contributed by atoms with Crippen LogP contribution in [0.1, 0.15) is 61.0 Å². The molecule has 2 heterocycles. The summed E-state index contributed by atoms with van der Waals surface area (Å²) >= 11 is 13.6. The van der Waals surface area contributed by atoms with Crippen LogP contribution < -0.4 is 15.2 Å². The fourth-order valence-electron chi connectivity index (χ4n) is 6.30. The number of pyridine rings is 1. The van der Waals surface area contributed by atoms with Crippen molar-refractivity contribution in [3.05, 3.63) is 93.1 Å². The predicted octanol–water partition coefficient (Wildman–Crippen LogP) is 8.32. The first-order valence-corrected chi connectivity index (χ1v) is 16.4. The van der Waals surface area contributed by atoms with Crippen LogP contribution >= 0.6 is 23.2 Å². The zero-order valence-corrected chi connectivity index (χ0v) is 27.9. The molecule has 0 aliphatic carbocycles. The number of methoxy groups -OCH3 is 1. The molecule has 1 aliphatic heterocycles. The van der Waals surface area contributed by atoms with Crippen LogP contribution in [0.4, 0.5) is 5.69 Å². The minimum atomic E-state index is -0.148. The molecule has 1 fully saturated rings. The van der Waals surface area contributed by atoms with Crippen LogP contribution in [0.25, 0.3) is 10.8 Å². The summed E-state index contributed by atoms with van der Waals surface area (Å²) < 4.78 is 12.9. The molecule has 6 nitrogen and oxygen atoms in total. The van der Waals surface area contributed by atoms with Crippen molar-refractivity contribution >= 4 is 39.7 Å². The van der Waals surface area contributed by atoms with Gasteiger partial charge in [0.2, 0.25) is 5.88 Å². The quantitative estimate of drug-likeness (QED) is 0.118. The van der Waals surface area contributed by atoms with Crippen molar-refractivity contribution in [2.24, 2.45) is 0 Å². The number of hydrogen-bond acceptors (Lipinski definition) is 5. The summed E-state index contributed by atoms with van der Waals surface area (Å²) in [5, 5.41) is 3.45. The third-order valence-electron chi connectivity index (χ3n) is 8.78. The van der Waals surface area contributed by atoms with Crippen molar-refractivity contribution in [3.8, 4) is 11.6 Å². The predicted molar refractivity (Wildman–Crippen MR) is 183 cm³/mol. The van der Waals surface area contributed by atoms with Crippen molar-refractivity contribution in [1.82, 2.24) is 9.88 Å². The maximum Gasteiger partial charge on any atom is 0.221 e. The van der Waals surface area contributed by atoms with Gasteiger partial charge in [0.1, 0.15) is 24.9 Å². The van der Waals surface area contributed by atoms with E-state index in [1.165, 1.54) is 12.8 Å². The number of likely N-dealkylation sites (tertiary alicyclic amines) is 1. The molecular formula is C36H45Cl2N4O2+. The molecule has 234 valence electrons. The lowest BCUT2D eigenvalue weighted by atomic mass is 9.93. The summed E-state index contributed by atoms with van der Waals surface area (Å²) in [5.41, 5.74) is 10.9. The van der Waals surface area contributed by atoms with Gasteiger partial charge in [-0.05, 0) is 74.0 Å². The number of hydrogen-bond donors (Lipinski definition) is 1. The zero-order chi connectivity index (χ0) is 31.3. The first kappa shape index (κ1) is 32.4. The Hall–Kier alpha value is -3.03. The van der Waals surface area contributed by atoms with Crippen LogP contribution in [0.3, 0.4) is 0 Å². The molecule has 1 aliphatic rings. The third kappa shape index (κ3) is 7.43. The molecule has 0 bridgehead atoms. The number of nitrogens with two attached hydrogens (primary N) is 1. The van der Waals surface area contributed by atoms with Crippen LogP contribution in [-0.4, -0.2) is 61.8 Å². The Morgan fingerprint density at radius 1 is 1.00 bits per heavy atom. The molecule has 0 radical (unpaired) electrons. The Bertz CT molecular complexity index is 1590. The molecule has 5 rings (SSSR count). The first-order valence-electron chi connectivity index (χ1n) is 15.7. The number of anilines is 1. The van der Waals surface area contributed by atoms with Gasteiger partial charge in [0, 0.05) is 34.3 Å². The van der Waals surface area contributed by atoms with E-state index in [4.69, 9.17) is 43.4 Å². The fourth-order valence-corrected chi connectivity index (χ4v) is 6.72. The molecule has 0 amide bonds. The molecule has 8 heteroatoms. The average Bonchev–Trinajstić information content (AvgIpc) is 3.52. The smallest absolute Gasteiger partial charge is 0.221 e. The lowest BCUT2D eigenvalue weighted by Gasteiger charge is -2.39. The van der Waals surface area contributed by atoms with E-state index >= 15 is 0 Å². The van der Waals surface area contributed by atoms with E-state index in [-0.39, 0.29) is 6.04 Å². The molecule has 0 saturated carbocycles. The van der Waals surface area contributed by atoms with Crippen LogP contribution in [0.5, 0.6) is 11.6 Å². The first-order chi connectivity index (χ1) is 21.2. The van der Waals surface area contributed by atoms with Gasteiger partial charge in [0.15, 0.2) is 0 Å². The normalized spacial score (nSPS) is 14.7. The Morgan fingerprint density at radius 2 is 1.77 bits per heavy atom. The lowest BCUT2D eigenvalue weighted by molar-refractivity contribution is -0.915. The Labute approximate surface area is 272 Å². The molecule has 2 N–H and O–H groups in total. The van der Waals surface area contributed by atoms with Crippen LogP contribution in [0, 0.1) is 0 Å². The highest BCUT2D eigenvalue weighted by Gasteiger charge is 2.35. The highest BCUT2D eigenvalue weighted by Crippen LogP contribution is 2.42. The molecule has 1 atom stereocenters. The summed E-state index contributed by atoms with van der Waals surface area (Å²) in [4.78, 5) is 7.39. The lowest BCUT2D eigenvalue weighted by Crippen LogP contribution is -2.46. The molecule has 3 aromatic carbocycles. The topological polar surface area (TPSA) is 60.6 Å². The molecule has 0 spiro atoms. The van der Waals surface area contributed by atoms with E-state index in [2.05, 4.69) is 68.4 Å². The van der Waals surface area contributed by atoms with Gasteiger partial charge >= 0.3 is 0 Å². The standard InChI is InChI=1S/C36H45Cl2N4O2/c1-5-6-12-28-20-25-11-7-8-13-29(25)36(40-28)44-19-18-42(2,3)35(30-22-32(38)33(39)23-34(30)43-4)26-14-15-27(31(37)21-26)24-41-16-9-10-17-41/h7-8,11,13-15,20-23,35H,5-6,9-10,12,16-19,24,39H2,1-4H3/q+1. The third-order valence-corrected chi connectivity index (χ3v) is 9.46. The number of fused-ring (bicyclic) bond motifs is 1. The Kier molecular flexibility index (Phi) is 10.6. The van der Waals surface area contributed by atoms with E-state index in [1.807, 2.05) is 18.2 Å². The highest BCUT2D eigenvalue weighted by molar-refractivity contribution is 6.33. The number of ether oxygens (including phenoxy) is 2. The van der Waals surface area contributed by atoms with Gasteiger partial charge in [-0.1, -0.05) is 66.9 Å². The van der Waals surface area contributed by atoms with Crippen molar-refractivity contribution in [2.45, 2.75) is 51.6 Å².